The maximum atomic E-state index is 12.0. The van der Waals surface area contributed by atoms with Crippen LogP contribution in [0.5, 0.6) is 0 Å². The molecule has 0 atom stereocenters. The third-order valence-corrected chi connectivity index (χ3v) is 4.96. The molecule has 6 heteroatoms. The second-order valence-electron chi connectivity index (χ2n) is 6.13. The Bertz CT molecular complexity index is 545. The maximum Gasteiger partial charge on any atom is 0.251 e. The Balaban J connectivity index is 1.75. The number of benzene rings is 1. The highest BCUT2D eigenvalue weighted by Gasteiger charge is 2.28. The molecule has 1 aliphatic rings. The summed E-state index contributed by atoms with van der Waals surface area (Å²) in [5, 5.41) is 6.25. The number of thioether (sulfide) groups is 1. The van der Waals surface area contributed by atoms with E-state index in [0.29, 0.717) is 18.7 Å². The summed E-state index contributed by atoms with van der Waals surface area (Å²) >= 11 is 2.00. The second-order valence-corrected chi connectivity index (χ2v) is 7.93. The number of rotatable bonds is 4. The number of aliphatic imine (C=N–C) groups is 1. The molecule has 2 rings (SSSR count). The lowest BCUT2D eigenvalue weighted by atomic mass is 10.2. The topological polar surface area (TPSA) is 56.7 Å². The van der Waals surface area contributed by atoms with Crippen molar-refractivity contribution in [3.8, 4) is 0 Å². The van der Waals surface area contributed by atoms with Crippen molar-refractivity contribution in [3.63, 3.8) is 0 Å². The van der Waals surface area contributed by atoms with E-state index in [0.717, 1.165) is 24.8 Å². The Kier molecular flexibility index (Phi) is 6.33. The first kappa shape index (κ1) is 17.7. The van der Waals surface area contributed by atoms with Gasteiger partial charge in [0.15, 0.2) is 5.96 Å². The highest BCUT2D eigenvalue weighted by molar-refractivity contribution is 8.00. The van der Waals surface area contributed by atoms with Gasteiger partial charge in [-0.15, -0.1) is 0 Å². The van der Waals surface area contributed by atoms with Crippen LogP contribution in [0.15, 0.2) is 35.3 Å². The molecule has 5 nitrogen and oxygen atoms in total. The summed E-state index contributed by atoms with van der Waals surface area (Å²) < 4.78 is 0.247. The second kappa shape index (κ2) is 8.24. The average Bonchev–Trinajstić information content (AvgIpc) is 2.54. The van der Waals surface area contributed by atoms with Gasteiger partial charge in [0, 0.05) is 49.3 Å². The molecule has 1 heterocycles. The lowest BCUT2D eigenvalue weighted by Gasteiger charge is -2.39. The van der Waals surface area contributed by atoms with Gasteiger partial charge in [-0.1, -0.05) is 18.2 Å². The van der Waals surface area contributed by atoms with Gasteiger partial charge in [-0.2, -0.15) is 11.8 Å². The van der Waals surface area contributed by atoms with Crippen LogP contribution in [0.3, 0.4) is 0 Å². The van der Waals surface area contributed by atoms with E-state index in [1.54, 1.807) is 7.05 Å². The molecule has 0 unspecified atom stereocenters. The van der Waals surface area contributed by atoms with Crippen LogP contribution in [0.1, 0.15) is 24.2 Å². The summed E-state index contributed by atoms with van der Waals surface area (Å²) in [4.78, 5) is 18.6. The number of carbonyl (C=O) groups is 1. The van der Waals surface area contributed by atoms with Gasteiger partial charge in [-0.25, -0.2) is 0 Å². The van der Waals surface area contributed by atoms with Crippen molar-refractivity contribution < 1.29 is 4.79 Å². The minimum Gasteiger partial charge on any atom is -0.354 e. The van der Waals surface area contributed by atoms with E-state index in [4.69, 9.17) is 0 Å². The Morgan fingerprint density at radius 1 is 1.26 bits per heavy atom. The van der Waals surface area contributed by atoms with E-state index in [9.17, 15) is 4.79 Å². The molecule has 2 N–H and O–H groups in total. The van der Waals surface area contributed by atoms with E-state index in [-0.39, 0.29) is 10.7 Å². The Morgan fingerprint density at radius 3 is 2.61 bits per heavy atom. The predicted octanol–water partition coefficient (Wildman–Crippen LogP) is 1.82. The third-order valence-electron chi connectivity index (χ3n) is 3.67. The SMILES string of the molecule is CN=C(NCCNC(=O)c1ccccc1)N1CCSC(C)(C)C1. The molecule has 1 aliphatic heterocycles. The van der Waals surface area contributed by atoms with Crippen LogP contribution in [0, 0.1) is 0 Å². The number of carbonyl (C=O) groups excluding carboxylic acids is 1. The fourth-order valence-electron chi connectivity index (χ4n) is 2.57. The van der Waals surface area contributed by atoms with Crippen LogP contribution >= 0.6 is 11.8 Å². The van der Waals surface area contributed by atoms with Gasteiger partial charge in [0.25, 0.3) is 5.91 Å². The minimum absolute atomic E-state index is 0.0436. The van der Waals surface area contributed by atoms with E-state index >= 15 is 0 Å². The summed E-state index contributed by atoms with van der Waals surface area (Å²) in [6.45, 7) is 7.74. The molecule has 0 radical (unpaired) electrons. The van der Waals surface area contributed by atoms with Gasteiger partial charge in [0.1, 0.15) is 0 Å². The van der Waals surface area contributed by atoms with E-state index in [2.05, 4.69) is 34.4 Å². The van der Waals surface area contributed by atoms with Crippen molar-refractivity contribution in [1.29, 1.82) is 0 Å². The predicted molar refractivity (Wildman–Crippen MR) is 98.2 cm³/mol. The Morgan fingerprint density at radius 2 is 1.96 bits per heavy atom. The molecule has 1 saturated heterocycles. The third kappa shape index (κ3) is 5.46. The first-order valence-corrected chi connectivity index (χ1v) is 8.93. The maximum absolute atomic E-state index is 12.0. The standard InChI is InChI=1S/C17H26N4OS/c1-17(2)13-21(11-12-23-17)16(18-3)20-10-9-19-15(22)14-7-5-4-6-8-14/h4-8H,9-13H2,1-3H3,(H,18,20)(H,19,22). The zero-order valence-electron chi connectivity index (χ0n) is 14.1. The summed E-state index contributed by atoms with van der Waals surface area (Å²) in [5.41, 5.74) is 0.687. The fraction of sp³-hybridized carbons (Fsp3) is 0.529. The van der Waals surface area contributed by atoms with E-state index in [1.807, 2.05) is 42.1 Å². The van der Waals surface area contributed by atoms with Crippen LogP contribution < -0.4 is 10.6 Å². The van der Waals surface area contributed by atoms with Gasteiger partial charge in [-0.3, -0.25) is 9.79 Å². The molecule has 0 aromatic heterocycles. The van der Waals surface area contributed by atoms with Crippen LogP contribution in [-0.4, -0.2) is 60.5 Å². The monoisotopic (exact) mass is 334 g/mol. The first-order chi connectivity index (χ1) is 11.0. The minimum atomic E-state index is -0.0436. The molecular formula is C17H26N4OS. The zero-order chi connectivity index (χ0) is 16.7. The van der Waals surface area contributed by atoms with Gasteiger partial charge >= 0.3 is 0 Å². The Hall–Kier alpha value is -1.69. The summed E-state index contributed by atoms with van der Waals surface area (Å²) in [7, 11) is 1.81. The van der Waals surface area contributed by atoms with E-state index in [1.165, 1.54) is 0 Å². The van der Waals surface area contributed by atoms with Crippen LogP contribution in [-0.2, 0) is 0 Å². The number of guanidine groups is 1. The van der Waals surface area contributed by atoms with Crippen molar-refractivity contribution in [2.24, 2.45) is 4.99 Å². The van der Waals surface area contributed by atoms with Gasteiger partial charge < -0.3 is 15.5 Å². The number of hydrogen-bond donors (Lipinski definition) is 2. The normalized spacial score (nSPS) is 17.7. The van der Waals surface area contributed by atoms with Gasteiger partial charge in [0.05, 0.1) is 0 Å². The molecule has 0 aliphatic carbocycles. The first-order valence-electron chi connectivity index (χ1n) is 7.95. The molecule has 126 valence electrons. The molecule has 1 amide bonds. The molecule has 0 spiro atoms. The van der Waals surface area contributed by atoms with Crippen molar-refractivity contribution in [2.45, 2.75) is 18.6 Å². The summed E-state index contributed by atoms with van der Waals surface area (Å²) in [6, 6.07) is 9.27. The number of nitrogens with zero attached hydrogens (tertiary/aromatic N) is 2. The molecule has 23 heavy (non-hydrogen) atoms. The lowest BCUT2D eigenvalue weighted by molar-refractivity contribution is 0.0954. The van der Waals surface area contributed by atoms with Crippen molar-refractivity contribution >= 4 is 23.6 Å². The summed E-state index contributed by atoms with van der Waals surface area (Å²) in [6.07, 6.45) is 0. The quantitative estimate of drug-likeness (QED) is 0.501. The van der Waals surface area contributed by atoms with Crippen molar-refractivity contribution in [1.82, 2.24) is 15.5 Å². The molecule has 0 bridgehead atoms. The lowest BCUT2D eigenvalue weighted by Crippen LogP contribution is -2.51. The molecular weight excluding hydrogens is 308 g/mol. The van der Waals surface area contributed by atoms with Gasteiger partial charge in [-0.05, 0) is 26.0 Å². The van der Waals surface area contributed by atoms with Crippen LogP contribution in [0.2, 0.25) is 0 Å². The average molecular weight is 334 g/mol. The van der Waals surface area contributed by atoms with Gasteiger partial charge in [0.2, 0.25) is 0 Å². The summed E-state index contributed by atoms with van der Waals surface area (Å²) in [5.74, 6) is 1.98. The van der Waals surface area contributed by atoms with E-state index < -0.39 is 0 Å². The zero-order valence-corrected chi connectivity index (χ0v) is 14.9. The molecule has 1 aromatic rings. The number of hydrogen-bond acceptors (Lipinski definition) is 3. The number of amides is 1. The van der Waals surface area contributed by atoms with Crippen molar-refractivity contribution in [2.75, 3.05) is 39.0 Å². The largest absolute Gasteiger partial charge is 0.354 e. The molecule has 0 saturated carbocycles. The van der Waals surface area contributed by atoms with Crippen LogP contribution in [0.4, 0.5) is 0 Å². The highest BCUT2D eigenvalue weighted by atomic mass is 32.2. The fourth-order valence-corrected chi connectivity index (χ4v) is 3.68. The number of nitrogens with one attached hydrogen (secondary N) is 2. The highest BCUT2D eigenvalue weighted by Crippen LogP contribution is 2.29. The van der Waals surface area contributed by atoms with Crippen LogP contribution in [0.25, 0.3) is 0 Å². The van der Waals surface area contributed by atoms with Crippen molar-refractivity contribution in [3.05, 3.63) is 35.9 Å². The molecule has 1 fully saturated rings. The smallest absolute Gasteiger partial charge is 0.251 e. The Labute approximate surface area is 142 Å². The molecule has 1 aromatic carbocycles.